The highest BCUT2D eigenvalue weighted by Gasteiger charge is 2.38. The fourth-order valence-electron chi connectivity index (χ4n) is 2.26. The van der Waals surface area contributed by atoms with E-state index in [9.17, 15) is 9.90 Å². The Morgan fingerprint density at radius 2 is 2.06 bits per heavy atom. The first-order chi connectivity index (χ1) is 7.34. The molecule has 1 aliphatic rings. The molecule has 1 unspecified atom stereocenters. The lowest BCUT2D eigenvalue weighted by molar-refractivity contribution is -0.143. The van der Waals surface area contributed by atoms with Crippen LogP contribution in [0, 0.1) is 0 Å². The number of piperidine rings is 1. The van der Waals surface area contributed by atoms with E-state index in [2.05, 4.69) is 0 Å². The van der Waals surface area contributed by atoms with Gasteiger partial charge >= 0.3 is 0 Å². The number of hydrogen-bond donors (Lipinski definition) is 2. The van der Waals surface area contributed by atoms with E-state index in [1.54, 1.807) is 11.8 Å². The second kappa shape index (κ2) is 4.72. The first-order valence-corrected chi connectivity index (χ1v) is 6.15. The monoisotopic (exact) mass is 228 g/mol. The minimum absolute atomic E-state index is 0.0162. The number of amides is 1. The van der Waals surface area contributed by atoms with Crippen molar-refractivity contribution in [2.45, 2.75) is 57.6 Å². The van der Waals surface area contributed by atoms with Gasteiger partial charge in [-0.2, -0.15) is 0 Å². The van der Waals surface area contributed by atoms with Crippen molar-refractivity contribution in [3.05, 3.63) is 0 Å². The van der Waals surface area contributed by atoms with Gasteiger partial charge in [-0.1, -0.05) is 13.8 Å². The molecule has 4 heteroatoms. The van der Waals surface area contributed by atoms with E-state index in [4.69, 9.17) is 5.73 Å². The van der Waals surface area contributed by atoms with E-state index < -0.39 is 11.1 Å². The topological polar surface area (TPSA) is 66.6 Å². The largest absolute Gasteiger partial charge is 0.388 e. The number of nitrogens with two attached hydrogens (primary N) is 1. The summed E-state index contributed by atoms with van der Waals surface area (Å²) in [4.78, 5) is 14.0. The molecule has 1 amide bonds. The predicted octanol–water partition coefficient (Wildman–Crippen LogP) is 0.877. The zero-order valence-electron chi connectivity index (χ0n) is 10.6. The van der Waals surface area contributed by atoms with E-state index in [0.29, 0.717) is 25.9 Å². The molecule has 3 N–H and O–H groups in total. The number of carbonyl (C=O) groups excluding carboxylic acids is 1. The van der Waals surface area contributed by atoms with E-state index in [1.807, 2.05) is 13.8 Å². The summed E-state index contributed by atoms with van der Waals surface area (Å²) in [6, 6.07) is 0. The lowest BCUT2D eigenvalue weighted by atomic mass is 9.89. The van der Waals surface area contributed by atoms with Crippen LogP contribution in [0.15, 0.2) is 0 Å². The molecule has 1 atom stereocenters. The molecule has 0 aromatic heterocycles. The van der Waals surface area contributed by atoms with Crippen molar-refractivity contribution in [3.8, 4) is 0 Å². The molecule has 1 aliphatic heterocycles. The van der Waals surface area contributed by atoms with Crippen molar-refractivity contribution in [3.63, 3.8) is 0 Å². The third kappa shape index (κ3) is 2.74. The Bertz CT molecular complexity index is 260. The number of carbonyl (C=O) groups is 1. The summed E-state index contributed by atoms with van der Waals surface area (Å²) in [6.07, 6.45) is 2.89. The smallest absolute Gasteiger partial charge is 0.242 e. The minimum Gasteiger partial charge on any atom is -0.388 e. The van der Waals surface area contributed by atoms with Crippen molar-refractivity contribution >= 4 is 5.91 Å². The Labute approximate surface area is 97.8 Å². The summed E-state index contributed by atoms with van der Waals surface area (Å²) in [6.45, 7) is 6.77. The maximum absolute atomic E-state index is 12.3. The Morgan fingerprint density at radius 3 is 2.50 bits per heavy atom. The quantitative estimate of drug-likeness (QED) is 0.753. The number of rotatable bonds is 3. The van der Waals surface area contributed by atoms with Crippen LogP contribution in [-0.4, -0.2) is 40.1 Å². The van der Waals surface area contributed by atoms with Crippen molar-refractivity contribution in [2.75, 3.05) is 13.1 Å². The molecule has 0 spiro atoms. The molecular formula is C12H24N2O2. The van der Waals surface area contributed by atoms with E-state index in [-0.39, 0.29) is 5.91 Å². The first-order valence-electron chi connectivity index (χ1n) is 6.15. The Hall–Kier alpha value is -0.610. The molecule has 0 bridgehead atoms. The van der Waals surface area contributed by atoms with Crippen LogP contribution in [0.2, 0.25) is 0 Å². The number of β-amino-alcohol motifs (C(OH)–C–C–N with tert-alkyl or cyclic N) is 1. The van der Waals surface area contributed by atoms with Crippen molar-refractivity contribution in [1.82, 2.24) is 4.90 Å². The molecule has 0 saturated carbocycles. The van der Waals surface area contributed by atoms with Crippen LogP contribution < -0.4 is 5.73 Å². The van der Waals surface area contributed by atoms with Gasteiger partial charge in [-0.25, -0.2) is 0 Å². The molecule has 1 fully saturated rings. The van der Waals surface area contributed by atoms with Gasteiger partial charge in [0, 0.05) is 13.1 Å². The highest BCUT2D eigenvalue weighted by Crippen LogP contribution is 2.24. The lowest BCUT2D eigenvalue weighted by Crippen LogP contribution is -2.59. The van der Waals surface area contributed by atoms with Crippen LogP contribution >= 0.6 is 0 Å². The molecule has 1 rings (SSSR count). The summed E-state index contributed by atoms with van der Waals surface area (Å²) < 4.78 is 0. The van der Waals surface area contributed by atoms with E-state index in [0.717, 1.165) is 12.8 Å². The van der Waals surface area contributed by atoms with Crippen LogP contribution in [0.25, 0.3) is 0 Å². The van der Waals surface area contributed by atoms with Crippen molar-refractivity contribution < 1.29 is 9.90 Å². The molecule has 0 aromatic carbocycles. The number of nitrogens with zero attached hydrogens (tertiary/aromatic N) is 1. The van der Waals surface area contributed by atoms with Crippen LogP contribution in [0.3, 0.4) is 0 Å². The Balaban J connectivity index is 2.74. The van der Waals surface area contributed by atoms with Gasteiger partial charge in [0.25, 0.3) is 0 Å². The summed E-state index contributed by atoms with van der Waals surface area (Å²) in [5.41, 5.74) is 4.58. The zero-order chi connectivity index (χ0) is 12.4. The summed E-state index contributed by atoms with van der Waals surface area (Å²) in [7, 11) is 0. The second-order valence-electron chi connectivity index (χ2n) is 5.19. The maximum atomic E-state index is 12.3. The third-order valence-electron chi connectivity index (χ3n) is 3.65. The molecular weight excluding hydrogens is 204 g/mol. The molecule has 16 heavy (non-hydrogen) atoms. The SMILES string of the molecule is CCC(N)(CC)C(=O)N1CCCC(C)(O)C1. The fraction of sp³-hybridized carbons (Fsp3) is 0.917. The predicted molar refractivity (Wildman–Crippen MR) is 63.9 cm³/mol. The fourth-order valence-corrected chi connectivity index (χ4v) is 2.26. The molecule has 1 heterocycles. The second-order valence-corrected chi connectivity index (χ2v) is 5.19. The molecule has 4 nitrogen and oxygen atoms in total. The molecule has 94 valence electrons. The Morgan fingerprint density at radius 1 is 1.50 bits per heavy atom. The molecule has 0 aliphatic carbocycles. The van der Waals surface area contributed by atoms with Crippen LogP contribution in [0.1, 0.15) is 46.5 Å². The number of hydrogen-bond acceptors (Lipinski definition) is 3. The Kier molecular flexibility index (Phi) is 3.97. The highest BCUT2D eigenvalue weighted by atomic mass is 16.3. The number of likely N-dealkylation sites (tertiary alicyclic amines) is 1. The molecule has 0 aromatic rings. The number of aliphatic hydroxyl groups is 1. The standard InChI is InChI=1S/C12H24N2O2/c1-4-12(13,5-2)10(15)14-8-6-7-11(3,16)9-14/h16H,4-9,13H2,1-3H3. The highest BCUT2D eigenvalue weighted by molar-refractivity contribution is 5.86. The van der Waals surface area contributed by atoms with Gasteiger partial charge in [0.2, 0.25) is 5.91 Å². The van der Waals surface area contributed by atoms with E-state index >= 15 is 0 Å². The minimum atomic E-state index is -0.757. The van der Waals surface area contributed by atoms with Gasteiger partial charge in [-0.3, -0.25) is 4.79 Å². The van der Waals surface area contributed by atoms with Crippen LogP contribution in [0.4, 0.5) is 0 Å². The third-order valence-corrected chi connectivity index (χ3v) is 3.65. The van der Waals surface area contributed by atoms with Crippen LogP contribution in [0.5, 0.6) is 0 Å². The summed E-state index contributed by atoms with van der Waals surface area (Å²) >= 11 is 0. The van der Waals surface area contributed by atoms with Gasteiger partial charge < -0.3 is 15.7 Å². The summed E-state index contributed by atoms with van der Waals surface area (Å²) in [5, 5.41) is 9.97. The normalized spacial score (nSPS) is 26.9. The van der Waals surface area contributed by atoms with Gasteiger partial charge in [0.15, 0.2) is 0 Å². The average molecular weight is 228 g/mol. The first kappa shape index (κ1) is 13.5. The van der Waals surface area contributed by atoms with Crippen LogP contribution in [-0.2, 0) is 4.79 Å². The van der Waals surface area contributed by atoms with E-state index in [1.165, 1.54) is 0 Å². The lowest BCUT2D eigenvalue weighted by Gasteiger charge is -2.40. The van der Waals surface area contributed by atoms with Crippen molar-refractivity contribution in [1.29, 1.82) is 0 Å². The van der Waals surface area contributed by atoms with Gasteiger partial charge in [0.05, 0.1) is 11.1 Å². The van der Waals surface area contributed by atoms with Crippen molar-refractivity contribution in [2.24, 2.45) is 5.73 Å². The maximum Gasteiger partial charge on any atom is 0.242 e. The van der Waals surface area contributed by atoms with Gasteiger partial charge in [-0.05, 0) is 32.6 Å². The van der Waals surface area contributed by atoms with Gasteiger partial charge in [0.1, 0.15) is 0 Å². The molecule has 0 radical (unpaired) electrons. The van der Waals surface area contributed by atoms with Gasteiger partial charge in [-0.15, -0.1) is 0 Å². The summed E-state index contributed by atoms with van der Waals surface area (Å²) in [5.74, 6) is -0.0162. The average Bonchev–Trinajstić information content (AvgIpc) is 2.25. The molecule has 1 saturated heterocycles. The zero-order valence-corrected chi connectivity index (χ0v) is 10.6.